The van der Waals surface area contributed by atoms with Crippen LogP contribution in [-0.4, -0.2) is 57.1 Å². The molecule has 0 bridgehead atoms. The van der Waals surface area contributed by atoms with E-state index < -0.39 is 0 Å². The highest BCUT2D eigenvalue weighted by molar-refractivity contribution is 8.83. The number of hydrogen-bond acceptors (Lipinski definition) is 6. The van der Waals surface area contributed by atoms with Crippen molar-refractivity contribution in [2.45, 2.75) is 38.5 Å². The van der Waals surface area contributed by atoms with Gasteiger partial charge in [-0.2, -0.15) is 0 Å². The number of rotatable bonds is 2. The van der Waals surface area contributed by atoms with Gasteiger partial charge < -0.3 is 9.80 Å². The van der Waals surface area contributed by atoms with Gasteiger partial charge in [0.25, 0.3) is 0 Å². The summed E-state index contributed by atoms with van der Waals surface area (Å²) in [5, 5.41) is 0. The summed E-state index contributed by atoms with van der Waals surface area (Å²) >= 11 is 10.5. The molecule has 0 saturated carbocycles. The second-order valence-corrected chi connectivity index (χ2v) is 11.2. The first kappa shape index (κ1) is 21.2. The minimum atomic E-state index is 1.07. The Hall–Kier alpha value is 1.18. The quantitative estimate of drug-likeness (QED) is 0.424. The molecule has 2 heterocycles. The second-order valence-electron chi connectivity index (χ2n) is 5.13. The van der Waals surface area contributed by atoms with Gasteiger partial charge in [0.15, 0.2) is 0 Å². The Labute approximate surface area is 162 Å². The molecule has 0 radical (unpaired) electrons. The van der Waals surface area contributed by atoms with Crippen molar-refractivity contribution in [3.8, 4) is 0 Å². The van der Waals surface area contributed by atoms with Gasteiger partial charge in [0, 0.05) is 26.2 Å². The van der Waals surface area contributed by atoms with Crippen LogP contribution in [0.5, 0.6) is 0 Å². The Morgan fingerprint density at radius 3 is 1.23 bits per heavy atom. The summed E-state index contributed by atoms with van der Waals surface area (Å²) in [6, 6.07) is 0. The fourth-order valence-corrected chi connectivity index (χ4v) is 6.34. The van der Waals surface area contributed by atoms with E-state index in [1.165, 1.54) is 64.7 Å². The first-order valence-electron chi connectivity index (χ1n) is 7.68. The lowest BCUT2D eigenvalue weighted by Gasteiger charge is -2.27. The highest BCUT2D eigenvalue weighted by atomic mass is 33.1. The largest absolute Gasteiger partial charge is 0.357 e. The fraction of sp³-hybridized carbons (Fsp3) is 0.857. The van der Waals surface area contributed by atoms with Crippen LogP contribution in [0.1, 0.15) is 38.5 Å². The van der Waals surface area contributed by atoms with E-state index in [0.29, 0.717) is 0 Å². The summed E-state index contributed by atoms with van der Waals surface area (Å²) in [5.41, 5.74) is 0. The third-order valence-corrected chi connectivity index (χ3v) is 8.27. The van der Waals surface area contributed by atoms with Gasteiger partial charge in [-0.25, -0.2) is 0 Å². The first-order valence-corrected chi connectivity index (χ1v) is 13.6. The summed E-state index contributed by atoms with van der Waals surface area (Å²) in [4.78, 5) is 4.64. The average Bonchev–Trinajstić information content (AvgIpc) is 2.57. The van der Waals surface area contributed by atoms with Gasteiger partial charge >= 0.3 is 0 Å². The fourth-order valence-electron chi connectivity index (χ4n) is 2.40. The lowest BCUT2D eigenvalue weighted by Crippen LogP contribution is -2.32. The molecule has 2 aliphatic rings. The molecule has 0 aromatic carbocycles. The van der Waals surface area contributed by atoms with Crippen molar-refractivity contribution in [2.75, 3.05) is 38.7 Å². The number of piperidine rings is 2. The van der Waals surface area contributed by atoms with Gasteiger partial charge in [0.1, 0.15) is 8.64 Å². The highest BCUT2D eigenvalue weighted by Gasteiger charge is 2.13. The molecule has 0 aliphatic carbocycles. The summed E-state index contributed by atoms with van der Waals surface area (Å²) in [7, 11) is 6.90. The van der Waals surface area contributed by atoms with Crippen molar-refractivity contribution < 1.29 is 0 Å². The molecule has 0 spiro atoms. The molecule has 22 heavy (non-hydrogen) atoms. The van der Waals surface area contributed by atoms with E-state index in [2.05, 4.69) is 22.3 Å². The van der Waals surface area contributed by atoms with Gasteiger partial charge in [-0.05, 0) is 72.6 Å². The van der Waals surface area contributed by atoms with Gasteiger partial charge in [-0.3, -0.25) is 0 Å². The van der Waals surface area contributed by atoms with E-state index in [1.54, 1.807) is 43.2 Å². The van der Waals surface area contributed by atoms with E-state index >= 15 is 0 Å². The maximum Gasteiger partial charge on any atom is 0.147 e. The molecule has 2 saturated heterocycles. The van der Waals surface area contributed by atoms with E-state index in [4.69, 9.17) is 24.4 Å². The summed E-state index contributed by atoms with van der Waals surface area (Å²) in [5.74, 6) is 0. The Bertz CT molecular complexity index is 295. The molecule has 0 atom stereocenters. The molecule has 2 fully saturated rings. The van der Waals surface area contributed by atoms with Crippen LogP contribution in [0.2, 0.25) is 0 Å². The zero-order valence-corrected chi connectivity index (χ0v) is 18.3. The van der Waals surface area contributed by atoms with Crippen LogP contribution >= 0.6 is 67.6 Å². The van der Waals surface area contributed by atoms with Crippen LogP contribution in [0.15, 0.2) is 0 Å². The van der Waals surface area contributed by atoms with Crippen LogP contribution in [0.3, 0.4) is 0 Å². The van der Waals surface area contributed by atoms with Crippen LogP contribution in [0.4, 0.5) is 0 Å². The molecule has 2 nitrogen and oxygen atoms in total. The SMILES string of the molecule is CSSC(=S)N1CCCCC1.CSSC(=S)N1CCCCC1. The standard InChI is InChI=1S/2C7H13NS3/c2*1-10-11-7(9)8-5-3-2-4-6-8/h2*2-6H2,1H3. The number of thiocarbonyl (C=S) groups is 2. The summed E-state index contributed by atoms with van der Waals surface area (Å²) in [6.45, 7) is 4.69. The molecule has 0 amide bonds. The molecule has 8 heteroatoms. The number of nitrogens with zero attached hydrogens (tertiary/aromatic N) is 2. The maximum absolute atomic E-state index is 5.24. The van der Waals surface area contributed by atoms with Gasteiger partial charge in [-0.1, -0.05) is 46.0 Å². The lowest BCUT2D eigenvalue weighted by atomic mass is 10.1. The minimum Gasteiger partial charge on any atom is -0.357 e. The summed E-state index contributed by atoms with van der Waals surface area (Å²) < 4.78 is 2.13. The highest BCUT2D eigenvalue weighted by Crippen LogP contribution is 2.24. The van der Waals surface area contributed by atoms with Crippen molar-refractivity contribution in [3.63, 3.8) is 0 Å². The van der Waals surface area contributed by atoms with Crippen molar-refractivity contribution in [1.29, 1.82) is 0 Å². The second kappa shape index (κ2) is 13.5. The molecule has 0 unspecified atom stereocenters. The predicted octanol–water partition coefficient (Wildman–Crippen LogP) is 5.54. The Morgan fingerprint density at radius 2 is 0.955 bits per heavy atom. The Balaban J connectivity index is 0.000000220. The molecular weight excluding hydrogens is 389 g/mol. The van der Waals surface area contributed by atoms with Crippen LogP contribution in [-0.2, 0) is 0 Å². The average molecular weight is 415 g/mol. The van der Waals surface area contributed by atoms with Gasteiger partial charge in [-0.15, -0.1) is 0 Å². The third-order valence-electron chi connectivity index (χ3n) is 3.54. The number of hydrogen-bond donors (Lipinski definition) is 0. The molecule has 0 aromatic heterocycles. The normalized spacial score (nSPS) is 18.5. The van der Waals surface area contributed by atoms with Crippen molar-refractivity contribution >= 4 is 76.3 Å². The molecule has 0 aromatic rings. The monoisotopic (exact) mass is 414 g/mol. The summed E-state index contributed by atoms with van der Waals surface area (Å²) in [6.07, 6.45) is 12.2. The van der Waals surface area contributed by atoms with Crippen LogP contribution < -0.4 is 0 Å². The topological polar surface area (TPSA) is 6.48 Å². The molecule has 128 valence electrons. The zero-order chi connectivity index (χ0) is 16.2. The lowest BCUT2D eigenvalue weighted by molar-refractivity contribution is 0.352. The van der Waals surface area contributed by atoms with Crippen molar-refractivity contribution in [3.05, 3.63) is 0 Å². The molecule has 2 rings (SSSR count). The maximum atomic E-state index is 5.24. The van der Waals surface area contributed by atoms with E-state index in [0.717, 1.165) is 8.64 Å². The number of likely N-dealkylation sites (tertiary alicyclic amines) is 2. The van der Waals surface area contributed by atoms with Gasteiger partial charge in [0.05, 0.1) is 0 Å². The van der Waals surface area contributed by atoms with Crippen LogP contribution in [0, 0.1) is 0 Å². The van der Waals surface area contributed by atoms with Crippen molar-refractivity contribution in [2.24, 2.45) is 0 Å². The van der Waals surface area contributed by atoms with E-state index in [-0.39, 0.29) is 0 Å². The van der Waals surface area contributed by atoms with E-state index in [1.807, 2.05) is 0 Å². The van der Waals surface area contributed by atoms with Crippen LogP contribution in [0.25, 0.3) is 0 Å². The molecular formula is C14H26N2S6. The first-order chi connectivity index (χ1) is 10.7. The zero-order valence-electron chi connectivity index (χ0n) is 13.4. The predicted molar refractivity (Wildman–Crippen MR) is 118 cm³/mol. The van der Waals surface area contributed by atoms with Gasteiger partial charge in [0.2, 0.25) is 0 Å². The third kappa shape index (κ3) is 8.87. The Morgan fingerprint density at radius 1 is 0.636 bits per heavy atom. The van der Waals surface area contributed by atoms with Crippen molar-refractivity contribution in [1.82, 2.24) is 9.80 Å². The van der Waals surface area contributed by atoms with E-state index in [9.17, 15) is 0 Å². The molecule has 2 aliphatic heterocycles. The molecule has 0 N–H and O–H groups in total. The minimum absolute atomic E-state index is 1.07. The Kier molecular flexibility index (Phi) is 13.0. The smallest absolute Gasteiger partial charge is 0.147 e.